The summed E-state index contributed by atoms with van der Waals surface area (Å²) >= 11 is 1.60. The van der Waals surface area contributed by atoms with Crippen molar-refractivity contribution in [2.45, 2.75) is 43.8 Å². The molecule has 0 spiro atoms. The molecule has 1 fully saturated rings. The molecule has 0 radical (unpaired) electrons. The summed E-state index contributed by atoms with van der Waals surface area (Å²) in [6.45, 7) is 2.66. The Balaban J connectivity index is 2.07. The summed E-state index contributed by atoms with van der Waals surface area (Å²) in [6.07, 6.45) is 5.02. The van der Waals surface area contributed by atoms with Gasteiger partial charge in [-0.25, -0.2) is 13.4 Å². The Morgan fingerprint density at radius 1 is 1.56 bits per heavy atom. The molecular formula is C12H20N2O2S2. The van der Waals surface area contributed by atoms with Crippen LogP contribution in [0.25, 0.3) is 0 Å². The molecule has 1 aliphatic heterocycles. The van der Waals surface area contributed by atoms with Crippen molar-refractivity contribution in [3.05, 3.63) is 16.1 Å². The molecule has 2 N–H and O–H groups in total. The summed E-state index contributed by atoms with van der Waals surface area (Å²) in [6, 6.07) is 0. The predicted molar refractivity (Wildman–Crippen MR) is 74.7 cm³/mol. The van der Waals surface area contributed by atoms with Crippen molar-refractivity contribution in [2.75, 3.05) is 12.3 Å². The van der Waals surface area contributed by atoms with E-state index in [1.54, 1.807) is 11.3 Å². The van der Waals surface area contributed by atoms with Crippen LogP contribution in [0.4, 0.5) is 0 Å². The van der Waals surface area contributed by atoms with Gasteiger partial charge in [0, 0.05) is 23.4 Å². The second kappa shape index (κ2) is 5.67. The monoisotopic (exact) mass is 288 g/mol. The van der Waals surface area contributed by atoms with E-state index >= 15 is 0 Å². The van der Waals surface area contributed by atoms with Gasteiger partial charge in [0.05, 0.1) is 16.0 Å². The number of thiazole rings is 1. The van der Waals surface area contributed by atoms with Crippen molar-refractivity contribution in [2.24, 2.45) is 5.73 Å². The van der Waals surface area contributed by atoms with Gasteiger partial charge in [0.1, 0.15) is 0 Å². The first kappa shape index (κ1) is 14.0. The molecule has 0 aliphatic carbocycles. The maximum atomic E-state index is 11.9. The largest absolute Gasteiger partial charge is 0.330 e. The SMILES string of the molecule is CC(CN)c1cnc(CC2CCCCS2(=O)=O)s1. The molecule has 2 rings (SSSR count). The Morgan fingerprint density at radius 3 is 3.00 bits per heavy atom. The van der Waals surface area contributed by atoms with Crippen LogP contribution in [0.5, 0.6) is 0 Å². The van der Waals surface area contributed by atoms with Crippen LogP contribution in [0.2, 0.25) is 0 Å². The number of nitrogens with two attached hydrogens (primary N) is 1. The van der Waals surface area contributed by atoms with Crippen LogP contribution in [0.15, 0.2) is 6.20 Å². The smallest absolute Gasteiger partial charge is 0.153 e. The lowest BCUT2D eigenvalue weighted by molar-refractivity contribution is 0.537. The van der Waals surface area contributed by atoms with Crippen LogP contribution in [-0.2, 0) is 16.3 Å². The van der Waals surface area contributed by atoms with Gasteiger partial charge in [0.25, 0.3) is 0 Å². The molecule has 4 nitrogen and oxygen atoms in total. The summed E-state index contributed by atoms with van der Waals surface area (Å²) in [4.78, 5) is 5.50. The highest BCUT2D eigenvalue weighted by Gasteiger charge is 2.29. The van der Waals surface area contributed by atoms with E-state index in [1.807, 2.05) is 6.20 Å². The normalized spacial score (nSPS) is 24.9. The van der Waals surface area contributed by atoms with E-state index < -0.39 is 9.84 Å². The van der Waals surface area contributed by atoms with E-state index in [0.29, 0.717) is 24.6 Å². The highest BCUT2D eigenvalue weighted by Crippen LogP contribution is 2.27. The van der Waals surface area contributed by atoms with E-state index in [9.17, 15) is 8.42 Å². The summed E-state index contributed by atoms with van der Waals surface area (Å²) in [5.74, 6) is 0.647. The standard InChI is InChI=1S/C12H20N2O2S2/c1-9(7-13)11-8-14-12(17-11)6-10-4-2-3-5-18(10,15)16/h8-10H,2-7,13H2,1H3. The number of sulfone groups is 1. The molecule has 2 heterocycles. The third-order valence-corrected chi connectivity index (χ3v) is 7.05. The van der Waals surface area contributed by atoms with Gasteiger partial charge in [-0.2, -0.15) is 0 Å². The second-order valence-electron chi connectivity index (χ2n) is 4.98. The summed E-state index contributed by atoms with van der Waals surface area (Å²) < 4.78 is 23.9. The van der Waals surface area contributed by atoms with Crippen LogP contribution in [-0.4, -0.2) is 30.9 Å². The van der Waals surface area contributed by atoms with Gasteiger partial charge < -0.3 is 5.73 Å². The Bertz CT molecular complexity index is 496. The van der Waals surface area contributed by atoms with Crippen LogP contribution >= 0.6 is 11.3 Å². The van der Waals surface area contributed by atoms with Crippen LogP contribution in [0.3, 0.4) is 0 Å². The maximum absolute atomic E-state index is 11.9. The zero-order valence-electron chi connectivity index (χ0n) is 10.6. The second-order valence-corrected chi connectivity index (χ2v) is 8.53. The molecule has 0 amide bonds. The van der Waals surface area contributed by atoms with E-state index in [0.717, 1.165) is 29.1 Å². The zero-order chi connectivity index (χ0) is 13.2. The third kappa shape index (κ3) is 3.10. The molecule has 1 aromatic heterocycles. The first-order chi connectivity index (χ1) is 8.53. The molecule has 1 aromatic rings. The Morgan fingerprint density at radius 2 is 2.33 bits per heavy atom. The van der Waals surface area contributed by atoms with Crippen molar-refractivity contribution >= 4 is 21.2 Å². The van der Waals surface area contributed by atoms with E-state index in [1.165, 1.54) is 0 Å². The van der Waals surface area contributed by atoms with Gasteiger partial charge in [-0.1, -0.05) is 13.3 Å². The van der Waals surface area contributed by atoms with E-state index in [4.69, 9.17) is 5.73 Å². The lowest BCUT2D eigenvalue weighted by Crippen LogP contribution is -2.30. The minimum Gasteiger partial charge on any atom is -0.330 e. The fraction of sp³-hybridized carbons (Fsp3) is 0.750. The van der Waals surface area contributed by atoms with Gasteiger partial charge >= 0.3 is 0 Å². The topological polar surface area (TPSA) is 73.0 Å². The Hall–Kier alpha value is -0.460. The average molecular weight is 288 g/mol. The lowest BCUT2D eigenvalue weighted by atomic mass is 10.1. The lowest BCUT2D eigenvalue weighted by Gasteiger charge is -2.21. The first-order valence-corrected chi connectivity index (χ1v) is 8.92. The molecule has 18 heavy (non-hydrogen) atoms. The summed E-state index contributed by atoms with van der Waals surface area (Å²) in [7, 11) is -2.90. The Kier molecular flexibility index (Phi) is 4.40. The number of hydrogen-bond donors (Lipinski definition) is 1. The number of aromatic nitrogens is 1. The molecule has 0 bridgehead atoms. The Labute approximate surface area is 113 Å². The molecule has 0 saturated carbocycles. The molecule has 2 atom stereocenters. The van der Waals surface area contributed by atoms with Gasteiger partial charge in [0.2, 0.25) is 0 Å². The fourth-order valence-electron chi connectivity index (χ4n) is 2.21. The third-order valence-electron chi connectivity index (χ3n) is 3.53. The van der Waals surface area contributed by atoms with Crippen LogP contribution < -0.4 is 5.73 Å². The van der Waals surface area contributed by atoms with Crippen molar-refractivity contribution in [3.63, 3.8) is 0 Å². The average Bonchev–Trinajstić information content (AvgIpc) is 2.79. The minimum absolute atomic E-state index is 0.224. The molecule has 102 valence electrons. The highest BCUT2D eigenvalue weighted by atomic mass is 32.2. The predicted octanol–water partition coefficient (Wildman–Crippen LogP) is 1.72. The molecule has 1 saturated heterocycles. The minimum atomic E-state index is -2.90. The van der Waals surface area contributed by atoms with Crippen LogP contribution in [0, 0.1) is 0 Å². The van der Waals surface area contributed by atoms with Crippen molar-refractivity contribution in [1.29, 1.82) is 0 Å². The van der Waals surface area contributed by atoms with E-state index in [-0.39, 0.29) is 5.25 Å². The molecular weight excluding hydrogens is 268 g/mol. The van der Waals surface area contributed by atoms with E-state index in [2.05, 4.69) is 11.9 Å². The molecule has 2 unspecified atom stereocenters. The van der Waals surface area contributed by atoms with Gasteiger partial charge in [-0.3, -0.25) is 0 Å². The van der Waals surface area contributed by atoms with Crippen molar-refractivity contribution in [1.82, 2.24) is 4.98 Å². The number of rotatable bonds is 4. The maximum Gasteiger partial charge on any atom is 0.153 e. The molecule has 0 aromatic carbocycles. The van der Waals surface area contributed by atoms with Crippen molar-refractivity contribution in [3.8, 4) is 0 Å². The fourth-order valence-corrected chi connectivity index (χ4v) is 5.26. The summed E-state index contributed by atoms with van der Waals surface area (Å²) in [5, 5.41) is 0.708. The van der Waals surface area contributed by atoms with Gasteiger partial charge in [-0.15, -0.1) is 11.3 Å². The first-order valence-electron chi connectivity index (χ1n) is 6.39. The van der Waals surface area contributed by atoms with Gasteiger partial charge in [-0.05, 0) is 19.4 Å². The highest BCUT2D eigenvalue weighted by molar-refractivity contribution is 7.92. The molecule has 1 aliphatic rings. The quantitative estimate of drug-likeness (QED) is 0.915. The van der Waals surface area contributed by atoms with Crippen molar-refractivity contribution < 1.29 is 8.42 Å². The molecule has 6 heteroatoms. The summed E-state index contributed by atoms with van der Waals surface area (Å²) in [5.41, 5.74) is 5.62. The number of hydrogen-bond acceptors (Lipinski definition) is 5. The zero-order valence-corrected chi connectivity index (χ0v) is 12.3. The van der Waals surface area contributed by atoms with Crippen LogP contribution in [0.1, 0.15) is 42.0 Å². The van der Waals surface area contributed by atoms with Gasteiger partial charge in [0.15, 0.2) is 9.84 Å². The number of nitrogens with zero attached hydrogens (tertiary/aromatic N) is 1.